The maximum Gasteiger partial charge on any atom is 0.326 e. The molecule has 1 fully saturated rings. The van der Waals surface area contributed by atoms with Crippen molar-refractivity contribution in [3.8, 4) is 0 Å². The van der Waals surface area contributed by atoms with E-state index in [2.05, 4.69) is 31.3 Å². The number of carboxylic acid groups (broad SMARTS) is 1. The predicted molar refractivity (Wildman–Crippen MR) is 219 cm³/mol. The summed E-state index contributed by atoms with van der Waals surface area (Å²) in [5.41, 5.74) is 28.5. The summed E-state index contributed by atoms with van der Waals surface area (Å²) in [6, 6.07) is -6.56. The second-order valence-electron chi connectivity index (χ2n) is 15.4. The van der Waals surface area contributed by atoms with E-state index >= 15 is 0 Å². The molecule has 58 heavy (non-hydrogen) atoms. The van der Waals surface area contributed by atoms with Crippen molar-refractivity contribution in [2.45, 2.75) is 135 Å². The SMILES string of the molecule is CC[C@H](C)[C@H](NC(=O)[C@H](CC1=CC=C(O)CC1)NC(=O)[C@@H]1CCCN1C(=O)[C@H](CCCN=C(N)N)NC(=O)[C@@H](N)CCCN=C(N)N)C(=O)N[C@@H](CC(C)C)C(=O)O. The maximum absolute atomic E-state index is 14.1. The van der Waals surface area contributed by atoms with Crippen molar-refractivity contribution in [1.82, 2.24) is 26.2 Å². The Morgan fingerprint density at radius 3 is 2.00 bits per heavy atom. The van der Waals surface area contributed by atoms with Crippen LogP contribution >= 0.6 is 0 Å². The molecule has 7 atom stereocenters. The molecule has 1 aliphatic carbocycles. The van der Waals surface area contributed by atoms with Gasteiger partial charge < -0.3 is 65.0 Å². The van der Waals surface area contributed by atoms with E-state index in [0.717, 1.165) is 5.57 Å². The number of nitrogens with zero attached hydrogens (tertiary/aromatic N) is 3. The zero-order chi connectivity index (χ0) is 43.5. The van der Waals surface area contributed by atoms with Crippen LogP contribution in [0.3, 0.4) is 0 Å². The van der Waals surface area contributed by atoms with Gasteiger partial charge in [-0.05, 0) is 75.7 Å². The average Bonchev–Trinajstić information content (AvgIpc) is 3.66. The van der Waals surface area contributed by atoms with Crippen LogP contribution in [0.25, 0.3) is 0 Å². The molecule has 1 saturated heterocycles. The van der Waals surface area contributed by atoms with Crippen molar-refractivity contribution in [1.29, 1.82) is 0 Å². The van der Waals surface area contributed by atoms with Gasteiger partial charge in [0, 0.05) is 26.1 Å². The molecule has 0 spiro atoms. The first-order chi connectivity index (χ1) is 27.3. The number of amides is 5. The molecule has 5 amide bonds. The highest BCUT2D eigenvalue weighted by atomic mass is 16.4. The molecule has 16 N–H and O–H groups in total. The summed E-state index contributed by atoms with van der Waals surface area (Å²) in [6.45, 7) is 7.89. The van der Waals surface area contributed by atoms with Crippen molar-refractivity contribution < 1.29 is 39.0 Å². The van der Waals surface area contributed by atoms with Crippen molar-refractivity contribution in [3.63, 3.8) is 0 Å². The quantitative estimate of drug-likeness (QED) is 0.0319. The fraction of sp³-hybridized carbons (Fsp3) is 0.684. The Morgan fingerprint density at radius 2 is 1.45 bits per heavy atom. The number of nitrogens with one attached hydrogen (secondary N) is 4. The van der Waals surface area contributed by atoms with Crippen LogP contribution in [-0.2, 0) is 28.8 Å². The Hall–Kier alpha value is -5.40. The van der Waals surface area contributed by atoms with Crippen LogP contribution in [-0.4, -0.2) is 118 Å². The zero-order valence-corrected chi connectivity index (χ0v) is 34.2. The normalized spacial score (nSPS) is 18.2. The number of aliphatic carboxylic acids is 1. The van der Waals surface area contributed by atoms with E-state index in [4.69, 9.17) is 28.7 Å². The lowest BCUT2D eigenvalue weighted by Gasteiger charge is -2.31. The Bertz CT molecular complexity index is 1560. The molecule has 0 unspecified atom stereocenters. The van der Waals surface area contributed by atoms with Crippen LogP contribution in [0.15, 0.2) is 33.5 Å². The third-order valence-electron chi connectivity index (χ3n) is 10.1. The third kappa shape index (κ3) is 16.6. The molecule has 0 aromatic rings. The van der Waals surface area contributed by atoms with Gasteiger partial charge in [0.1, 0.15) is 30.2 Å². The van der Waals surface area contributed by atoms with E-state index in [0.29, 0.717) is 38.5 Å². The summed E-state index contributed by atoms with van der Waals surface area (Å²) < 4.78 is 0. The molecule has 20 nitrogen and oxygen atoms in total. The Kier molecular flexibility index (Phi) is 20.5. The molecule has 2 rings (SSSR count). The van der Waals surface area contributed by atoms with E-state index in [9.17, 15) is 39.0 Å². The monoisotopic (exact) mass is 819 g/mol. The van der Waals surface area contributed by atoms with E-state index in [1.54, 1.807) is 13.0 Å². The molecule has 0 radical (unpaired) electrons. The molecule has 0 aromatic heterocycles. The van der Waals surface area contributed by atoms with Crippen molar-refractivity contribution in [2.24, 2.45) is 50.5 Å². The van der Waals surface area contributed by atoms with Crippen LogP contribution in [0.5, 0.6) is 0 Å². The number of rotatable bonds is 24. The number of allylic oxidation sites excluding steroid dienone is 3. The van der Waals surface area contributed by atoms with Crippen LogP contribution in [0.1, 0.15) is 98.3 Å². The molecule has 20 heteroatoms. The first-order valence-corrected chi connectivity index (χ1v) is 20.0. The lowest BCUT2D eigenvalue weighted by atomic mass is 9.94. The Labute approximate surface area is 340 Å². The summed E-state index contributed by atoms with van der Waals surface area (Å²) in [5.74, 6) is -4.75. The molecular weight excluding hydrogens is 752 g/mol. The zero-order valence-electron chi connectivity index (χ0n) is 34.2. The van der Waals surface area contributed by atoms with Crippen LogP contribution in [0, 0.1) is 11.8 Å². The van der Waals surface area contributed by atoms with Gasteiger partial charge in [0.2, 0.25) is 29.5 Å². The highest BCUT2D eigenvalue weighted by molar-refractivity contribution is 5.97. The van der Waals surface area contributed by atoms with Gasteiger partial charge in [0.15, 0.2) is 11.9 Å². The van der Waals surface area contributed by atoms with E-state index < -0.39 is 77.7 Å². The maximum atomic E-state index is 14.1. The topological polar surface area (TPSA) is 349 Å². The van der Waals surface area contributed by atoms with Gasteiger partial charge in [-0.2, -0.15) is 0 Å². The third-order valence-corrected chi connectivity index (χ3v) is 10.1. The first-order valence-electron chi connectivity index (χ1n) is 20.0. The van der Waals surface area contributed by atoms with Gasteiger partial charge in [0.25, 0.3) is 0 Å². The highest BCUT2D eigenvalue weighted by Crippen LogP contribution is 2.24. The van der Waals surface area contributed by atoms with Gasteiger partial charge in [-0.25, -0.2) is 4.79 Å². The molecule has 326 valence electrons. The summed E-state index contributed by atoms with van der Waals surface area (Å²) in [4.78, 5) is 90.2. The number of hydrogen-bond donors (Lipinski definition) is 11. The minimum absolute atomic E-state index is 0.0291. The van der Waals surface area contributed by atoms with Crippen molar-refractivity contribution in [3.05, 3.63) is 23.5 Å². The molecule has 0 aromatic carbocycles. The van der Waals surface area contributed by atoms with E-state index in [1.807, 2.05) is 20.8 Å². The molecular formula is C38H66N12O8. The number of carbonyl (C=O) groups is 6. The number of carbonyl (C=O) groups excluding carboxylic acids is 5. The van der Waals surface area contributed by atoms with Gasteiger partial charge in [0.05, 0.1) is 11.8 Å². The highest BCUT2D eigenvalue weighted by Gasteiger charge is 2.40. The standard InChI is InChI=1S/C38H66N12O8/c1-5-22(4)30(34(55)48-28(36(57)58)19-21(2)3)49-32(53)27(20-23-12-14-24(51)15-13-23)47-33(54)29-11-8-18-50(29)35(56)26(10-7-17-45-38(42)43)46-31(52)25(39)9-6-16-44-37(40)41/h12,14,21-22,25-30,51H,5-11,13,15-20,39H2,1-4H3,(H,46,52)(H,47,54)(H,48,55)(H,49,53)(H,57,58)(H4,40,41,44)(H4,42,43,45)/t22-,25-,26-,27-,28-,29-,30-/m0/s1. The number of aliphatic hydroxyl groups is 1. The lowest BCUT2D eigenvalue weighted by molar-refractivity contribution is -0.143. The number of carboxylic acids is 1. The van der Waals surface area contributed by atoms with Gasteiger partial charge in [-0.1, -0.05) is 45.8 Å². The molecule has 1 aliphatic heterocycles. The summed E-state index contributed by atoms with van der Waals surface area (Å²) in [5, 5.41) is 30.6. The Morgan fingerprint density at radius 1 is 0.828 bits per heavy atom. The van der Waals surface area contributed by atoms with Gasteiger partial charge in [-0.3, -0.25) is 34.0 Å². The predicted octanol–water partition coefficient (Wildman–Crippen LogP) is -0.920. The summed E-state index contributed by atoms with van der Waals surface area (Å²) >= 11 is 0. The second kappa shape index (κ2) is 24.4. The van der Waals surface area contributed by atoms with Crippen LogP contribution < -0.4 is 49.9 Å². The lowest BCUT2D eigenvalue weighted by Crippen LogP contribution is -2.60. The number of hydrogen-bond acceptors (Lipinski definition) is 10. The smallest absolute Gasteiger partial charge is 0.326 e. The minimum Gasteiger partial charge on any atom is -0.512 e. The summed E-state index contributed by atoms with van der Waals surface area (Å²) in [6.07, 6.45) is 6.45. The number of guanidine groups is 2. The van der Waals surface area contributed by atoms with Crippen LogP contribution in [0.2, 0.25) is 0 Å². The number of aliphatic hydroxyl groups excluding tert-OH is 1. The fourth-order valence-corrected chi connectivity index (χ4v) is 6.68. The van der Waals surface area contributed by atoms with Crippen LogP contribution in [0.4, 0.5) is 0 Å². The number of nitrogens with two attached hydrogens (primary N) is 5. The first kappa shape index (κ1) is 48.7. The largest absolute Gasteiger partial charge is 0.512 e. The second-order valence-corrected chi connectivity index (χ2v) is 15.4. The Balaban J connectivity index is 2.35. The number of aliphatic imine (C=N–C) groups is 2. The number of likely N-dealkylation sites (tertiary alicyclic amines) is 1. The minimum atomic E-state index is -1.21. The van der Waals surface area contributed by atoms with Crippen molar-refractivity contribution in [2.75, 3.05) is 19.6 Å². The molecule has 2 aliphatic rings. The molecule has 0 bridgehead atoms. The van der Waals surface area contributed by atoms with E-state index in [1.165, 1.54) is 11.0 Å². The van der Waals surface area contributed by atoms with E-state index in [-0.39, 0.29) is 75.3 Å². The average molecular weight is 819 g/mol. The van der Waals surface area contributed by atoms with Crippen molar-refractivity contribution >= 4 is 47.4 Å². The van der Waals surface area contributed by atoms with Gasteiger partial charge in [-0.15, -0.1) is 0 Å². The molecule has 0 saturated carbocycles. The summed E-state index contributed by atoms with van der Waals surface area (Å²) in [7, 11) is 0. The fourth-order valence-electron chi connectivity index (χ4n) is 6.68. The molecule has 1 heterocycles. The van der Waals surface area contributed by atoms with Gasteiger partial charge >= 0.3 is 5.97 Å².